The molecule has 0 bridgehead atoms. The molecule has 18 heavy (non-hydrogen) atoms. The Morgan fingerprint density at radius 1 is 1.44 bits per heavy atom. The summed E-state index contributed by atoms with van der Waals surface area (Å²) in [6, 6.07) is 6.29. The molecule has 1 amide bonds. The van der Waals surface area contributed by atoms with E-state index in [4.69, 9.17) is 0 Å². The molecule has 1 heterocycles. The Bertz CT molecular complexity index is 616. The number of benzene rings is 1. The van der Waals surface area contributed by atoms with Crippen molar-refractivity contribution < 1.29 is 9.90 Å². The van der Waals surface area contributed by atoms with Crippen LogP contribution in [-0.2, 0) is 0 Å². The summed E-state index contributed by atoms with van der Waals surface area (Å²) in [6.07, 6.45) is 2.30. The summed E-state index contributed by atoms with van der Waals surface area (Å²) >= 11 is 0. The largest absolute Gasteiger partial charge is 0.508 e. The van der Waals surface area contributed by atoms with Gasteiger partial charge in [-0.2, -0.15) is 0 Å². The van der Waals surface area contributed by atoms with Crippen LogP contribution in [0.15, 0.2) is 41.5 Å². The Kier molecular flexibility index (Phi) is 3.09. The third kappa shape index (κ3) is 2.37. The van der Waals surface area contributed by atoms with Crippen molar-refractivity contribution in [3.05, 3.63) is 52.7 Å². The van der Waals surface area contributed by atoms with E-state index in [0.717, 1.165) is 6.20 Å². The van der Waals surface area contributed by atoms with Gasteiger partial charge in [-0.3, -0.25) is 9.59 Å². The number of aromatic nitrogens is 2. The summed E-state index contributed by atoms with van der Waals surface area (Å²) in [5.41, 5.74) is 0.292. The van der Waals surface area contributed by atoms with Gasteiger partial charge in [0.25, 0.3) is 11.5 Å². The van der Waals surface area contributed by atoms with Crippen LogP contribution in [0.3, 0.4) is 0 Å². The third-order valence-corrected chi connectivity index (χ3v) is 2.41. The Labute approximate surface area is 103 Å². The molecule has 0 fully saturated rings. The van der Waals surface area contributed by atoms with Crippen molar-refractivity contribution in [3.63, 3.8) is 0 Å². The van der Waals surface area contributed by atoms with E-state index in [0.29, 0.717) is 5.69 Å². The lowest BCUT2D eigenvalue weighted by Gasteiger charge is -2.16. The van der Waals surface area contributed by atoms with Crippen LogP contribution in [0, 0.1) is 0 Å². The highest BCUT2D eigenvalue weighted by molar-refractivity contribution is 6.04. The molecule has 0 unspecified atom stereocenters. The predicted octanol–water partition coefficient (Wildman–Crippen LogP) is 0.752. The van der Waals surface area contributed by atoms with Gasteiger partial charge < -0.3 is 15.0 Å². The van der Waals surface area contributed by atoms with Gasteiger partial charge in [-0.25, -0.2) is 4.98 Å². The number of H-pyrrole nitrogens is 1. The minimum absolute atomic E-state index is 0.0709. The first-order valence-corrected chi connectivity index (χ1v) is 5.20. The van der Waals surface area contributed by atoms with E-state index >= 15 is 0 Å². The minimum Gasteiger partial charge on any atom is -0.508 e. The average molecular weight is 245 g/mol. The molecule has 1 aromatic carbocycles. The van der Waals surface area contributed by atoms with Gasteiger partial charge in [-0.15, -0.1) is 0 Å². The number of carbonyl (C=O) groups is 1. The van der Waals surface area contributed by atoms with Crippen LogP contribution in [0.1, 0.15) is 10.5 Å². The quantitative estimate of drug-likeness (QED) is 0.817. The molecular formula is C12H11N3O3. The van der Waals surface area contributed by atoms with Gasteiger partial charge in [-0.1, -0.05) is 6.07 Å². The maximum atomic E-state index is 12.0. The van der Waals surface area contributed by atoms with Crippen LogP contribution < -0.4 is 10.5 Å². The molecule has 92 valence electrons. The second-order valence-electron chi connectivity index (χ2n) is 3.68. The van der Waals surface area contributed by atoms with E-state index in [9.17, 15) is 14.7 Å². The molecule has 0 aliphatic rings. The van der Waals surface area contributed by atoms with Crippen LogP contribution in [-0.4, -0.2) is 28.0 Å². The minimum atomic E-state index is -0.378. The van der Waals surface area contributed by atoms with Gasteiger partial charge in [0, 0.05) is 25.0 Å². The zero-order chi connectivity index (χ0) is 13.1. The molecule has 0 aliphatic carbocycles. The highest BCUT2D eigenvalue weighted by atomic mass is 16.3. The molecule has 6 heteroatoms. The summed E-state index contributed by atoms with van der Waals surface area (Å²) in [7, 11) is 1.56. The van der Waals surface area contributed by atoms with Gasteiger partial charge in [0.05, 0.1) is 6.20 Å². The summed E-state index contributed by atoms with van der Waals surface area (Å²) in [6.45, 7) is 0. The topological polar surface area (TPSA) is 86.3 Å². The van der Waals surface area contributed by atoms with Crippen LogP contribution in [0.4, 0.5) is 5.69 Å². The van der Waals surface area contributed by atoms with E-state index in [-0.39, 0.29) is 22.9 Å². The fourth-order valence-corrected chi connectivity index (χ4v) is 1.45. The van der Waals surface area contributed by atoms with Gasteiger partial charge in [0.15, 0.2) is 0 Å². The standard InChI is InChI=1S/C12H11N3O3/c1-15(8-3-2-4-9(16)5-8)12(18)10-6-14-11(17)7-13-10/h2-7,16H,1H3,(H,14,17). The molecule has 1 aromatic heterocycles. The Hall–Kier alpha value is -2.63. The number of anilines is 1. The van der Waals surface area contributed by atoms with Crippen molar-refractivity contribution in [2.24, 2.45) is 0 Å². The number of phenolic OH excluding ortho intramolecular Hbond substituents is 1. The SMILES string of the molecule is CN(C(=O)c1c[nH]c(=O)cn1)c1cccc(O)c1. The van der Waals surface area contributed by atoms with Crippen LogP contribution in [0.2, 0.25) is 0 Å². The number of aromatic amines is 1. The van der Waals surface area contributed by atoms with E-state index < -0.39 is 0 Å². The van der Waals surface area contributed by atoms with Crippen molar-refractivity contribution in [1.82, 2.24) is 9.97 Å². The van der Waals surface area contributed by atoms with E-state index in [2.05, 4.69) is 9.97 Å². The van der Waals surface area contributed by atoms with Crippen molar-refractivity contribution in [2.75, 3.05) is 11.9 Å². The van der Waals surface area contributed by atoms with E-state index in [1.807, 2.05) is 0 Å². The number of aromatic hydroxyl groups is 1. The maximum Gasteiger partial charge on any atom is 0.278 e. The number of carbonyl (C=O) groups excluding carboxylic acids is 1. The fourth-order valence-electron chi connectivity index (χ4n) is 1.45. The molecular weight excluding hydrogens is 234 g/mol. The average Bonchev–Trinajstić information content (AvgIpc) is 2.38. The summed E-state index contributed by atoms with van der Waals surface area (Å²) in [4.78, 5) is 30.3. The second-order valence-corrected chi connectivity index (χ2v) is 3.68. The number of amides is 1. The van der Waals surface area contributed by atoms with Crippen molar-refractivity contribution >= 4 is 11.6 Å². The number of rotatable bonds is 2. The molecule has 0 saturated carbocycles. The highest BCUT2D eigenvalue weighted by Gasteiger charge is 2.15. The number of nitrogens with zero attached hydrogens (tertiary/aromatic N) is 2. The smallest absolute Gasteiger partial charge is 0.278 e. The van der Waals surface area contributed by atoms with E-state index in [1.165, 1.54) is 23.2 Å². The van der Waals surface area contributed by atoms with Crippen molar-refractivity contribution in [2.45, 2.75) is 0 Å². The van der Waals surface area contributed by atoms with Gasteiger partial charge in [-0.05, 0) is 12.1 Å². The lowest BCUT2D eigenvalue weighted by molar-refractivity contribution is 0.0988. The predicted molar refractivity (Wildman–Crippen MR) is 65.7 cm³/mol. The number of hydrogen-bond acceptors (Lipinski definition) is 4. The van der Waals surface area contributed by atoms with Gasteiger partial charge in [0.2, 0.25) is 0 Å². The molecule has 0 spiro atoms. The Morgan fingerprint density at radius 3 is 2.83 bits per heavy atom. The normalized spacial score (nSPS) is 10.1. The summed E-state index contributed by atoms with van der Waals surface area (Å²) in [5.74, 6) is -0.307. The Morgan fingerprint density at radius 2 is 2.22 bits per heavy atom. The number of hydrogen-bond donors (Lipinski definition) is 2. The highest BCUT2D eigenvalue weighted by Crippen LogP contribution is 2.19. The monoisotopic (exact) mass is 245 g/mol. The van der Waals surface area contributed by atoms with Gasteiger partial charge in [0.1, 0.15) is 11.4 Å². The van der Waals surface area contributed by atoms with Gasteiger partial charge >= 0.3 is 0 Å². The second kappa shape index (κ2) is 4.70. The zero-order valence-electron chi connectivity index (χ0n) is 9.62. The number of phenols is 1. The maximum absolute atomic E-state index is 12.0. The molecule has 0 saturated heterocycles. The molecule has 2 rings (SSSR count). The summed E-state index contributed by atoms with van der Waals surface area (Å²) < 4.78 is 0. The van der Waals surface area contributed by atoms with Crippen LogP contribution in [0.25, 0.3) is 0 Å². The summed E-state index contributed by atoms with van der Waals surface area (Å²) in [5, 5.41) is 9.35. The zero-order valence-corrected chi connectivity index (χ0v) is 9.62. The molecule has 0 atom stereocenters. The van der Waals surface area contributed by atoms with Crippen LogP contribution in [0.5, 0.6) is 5.75 Å². The molecule has 0 radical (unpaired) electrons. The molecule has 2 N–H and O–H groups in total. The van der Waals surface area contributed by atoms with Crippen LogP contribution >= 0.6 is 0 Å². The number of nitrogens with one attached hydrogen (secondary N) is 1. The van der Waals surface area contributed by atoms with Crippen molar-refractivity contribution in [3.8, 4) is 5.75 Å². The first kappa shape index (κ1) is 11.8. The molecule has 0 aliphatic heterocycles. The lowest BCUT2D eigenvalue weighted by Crippen LogP contribution is -2.27. The fraction of sp³-hybridized carbons (Fsp3) is 0.0833. The molecule has 6 nitrogen and oxygen atoms in total. The lowest BCUT2D eigenvalue weighted by atomic mass is 10.2. The van der Waals surface area contributed by atoms with Crippen molar-refractivity contribution in [1.29, 1.82) is 0 Å². The van der Waals surface area contributed by atoms with E-state index in [1.54, 1.807) is 19.2 Å². The molecule has 2 aromatic rings. The first-order chi connectivity index (χ1) is 8.58. The Balaban J connectivity index is 2.29. The first-order valence-electron chi connectivity index (χ1n) is 5.20. The third-order valence-electron chi connectivity index (χ3n) is 2.41.